The molecule has 4 atom stereocenters. The fourth-order valence-corrected chi connectivity index (χ4v) is 5.53. The number of rotatable bonds is 4. The SMILES string of the molecule is CC1C(OCc2cc(C(F)(F)F)cc(C(F)(F)F)c2)CN2C(=O)CC(N3CCC(C)(N)CC3)CC12. The molecule has 3 aliphatic rings. The van der Waals surface area contributed by atoms with Crippen LogP contribution in [-0.4, -0.2) is 59.1 Å². The Kier molecular flexibility index (Phi) is 6.91. The number of fused-ring (bicyclic) bond motifs is 1. The van der Waals surface area contributed by atoms with Crippen LogP contribution in [0.3, 0.4) is 0 Å². The van der Waals surface area contributed by atoms with Crippen LogP contribution in [0.25, 0.3) is 0 Å². The van der Waals surface area contributed by atoms with Crippen LogP contribution in [0.5, 0.6) is 0 Å². The van der Waals surface area contributed by atoms with Crippen LogP contribution in [-0.2, 0) is 28.5 Å². The Morgan fingerprint density at radius 3 is 2.17 bits per heavy atom. The normalized spacial score (nSPS) is 30.0. The van der Waals surface area contributed by atoms with Gasteiger partial charge in [-0.1, -0.05) is 6.92 Å². The number of likely N-dealkylation sites (tertiary alicyclic amines) is 1. The molecule has 3 saturated heterocycles. The zero-order valence-electron chi connectivity index (χ0n) is 19.8. The molecule has 2 N–H and O–H groups in total. The van der Waals surface area contributed by atoms with Gasteiger partial charge in [0.1, 0.15) is 0 Å². The maximum atomic E-state index is 13.2. The van der Waals surface area contributed by atoms with Crippen LogP contribution in [0, 0.1) is 5.92 Å². The molecule has 0 saturated carbocycles. The number of amides is 1. The topological polar surface area (TPSA) is 58.8 Å². The Morgan fingerprint density at radius 2 is 1.63 bits per heavy atom. The van der Waals surface area contributed by atoms with E-state index in [1.807, 2.05) is 13.8 Å². The molecule has 0 aromatic heterocycles. The van der Waals surface area contributed by atoms with Crippen LogP contribution in [0.15, 0.2) is 18.2 Å². The van der Waals surface area contributed by atoms with E-state index in [1.165, 1.54) is 0 Å². The van der Waals surface area contributed by atoms with E-state index in [9.17, 15) is 31.1 Å². The van der Waals surface area contributed by atoms with Crippen molar-refractivity contribution >= 4 is 5.91 Å². The summed E-state index contributed by atoms with van der Waals surface area (Å²) in [5, 5.41) is 0. The van der Waals surface area contributed by atoms with Gasteiger partial charge in [-0.15, -0.1) is 0 Å². The fourth-order valence-electron chi connectivity index (χ4n) is 5.53. The minimum atomic E-state index is -4.91. The molecule has 0 aliphatic carbocycles. The standard InChI is InChI=1S/C24H31F6N3O2/c1-14-19-10-18(32-5-3-22(2,31)4-6-32)11-21(34)33(19)12-20(14)35-13-15-7-16(23(25,26)27)9-17(8-15)24(28,29)30/h7-9,14,18-20H,3-6,10-13,31H2,1-2H3. The molecule has 1 aromatic carbocycles. The quantitative estimate of drug-likeness (QED) is 0.613. The molecule has 35 heavy (non-hydrogen) atoms. The third kappa shape index (κ3) is 5.77. The van der Waals surface area contributed by atoms with Gasteiger partial charge in [0, 0.05) is 49.6 Å². The first kappa shape index (κ1) is 26.2. The lowest BCUT2D eigenvalue weighted by Crippen LogP contribution is -2.56. The number of carbonyl (C=O) groups is 1. The number of alkyl halides is 6. The van der Waals surface area contributed by atoms with Crippen LogP contribution in [0.4, 0.5) is 26.3 Å². The Hall–Kier alpha value is -1.85. The molecule has 1 amide bonds. The zero-order chi connectivity index (χ0) is 25.8. The average Bonchev–Trinajstić information content (AvgIpc) is 3.07. The highest BCUT2D eigenvalue weighted by Gasteiger charge is 2.48. The van der Waals surface area contributed by atoms with Gasteiger partial charge in [0.25, 0.3) is 0 Å². The molecule has 4 rings (SSSR count). The predicted octanol–water partition coefficient (Wildman–Crippen LogP) is 4.43. The molecule has 1 aromatic rings. The van der Waals surface area contributed by atoms with Gasteiger partial charge in [0.2, 0.25) is 5.91 Å². The number of hydrogen-bond donors (Lipinski definition) is 1. The highest BCUT2D eigenvalue weighted by Crippen LogP contribution is 2.39. The van der Waals surface area contributed by atoms with Crippen molar-refractivity contribution in [2.45, 2.75) is 82.2 Å². The van der Waals surface area contributed by atoms with Gasteiger partial charge in [-0.2, -0.15) is 26.3 Å². The first-order valence-electron chi connectivity index (χ1n) is 11.9. The number of ether oxygens (including phenoxy) is 1. The van der Waals surface area contributed by atoms with Crippen LogP contribution in [0.1, 0.15) is 56.2 Å². The molecule has 3 fully saturated rings. The van der Waals surface area contributed by atoms with Crippen molar-refractivity contribution in [3.8, 4) is 0 Å². The van der Waals surface area contributed by atoms with E-state index in [-0.39, 0.29) is 47.6 Å². The van der Waals surface area contributed by atoms with E-state index in [2.05, 4.69) is 4.90 Å². The minimum absolute atomic E-state index is 0.00344. The van der Waals surface area contributed by atoms with Crippen molar-refractivity contribution in [1.82, 2.24) is 9.80 Å². The second kappa shape index (κ2) is 9.23. The maximum Gasteiger partial charge on any atom is 0.416 e. The number of hydrogen-bond acceptors (Lipinski definition) is 4. The number of nitrogens with zero attached hydrogens (tertiary/aromatic N) is 2. The Balaban J connectivity index is 1.43. The lowest BCUT2D eigenvalue weighted by molar-refractivity contribution is -0.143. The molecule has 0 spiro atoms. The second-order valence-corrected chi connectivity index (χ2v) is 10.5. The summed E-state index contributed by atoms with van der Waals surface area (Å²) in [6.07, 6.45) is -7.44. The van der Waals surface area contributed by atoms with Crippen molar-refractivity contribution in [1.29, 1.82) is 0 Å². The highest BCUT2D eigenvalue weighted by molar-refractivity contribution is 5.78. The Bertz CT molecular complexity index is 906. The summed E-state index contributed by atoms with van der Waals surface area (Å²) in [5.41, 5.74) is 3.10. The van der Waals surface area contributed by atoms with E-state index < -0.39 is 36.2 Å². The lowest BCUT2D eigenvalue weighted by Gasteiger charge is -2.45. The molecule has 11 heteroatoms. The average molecular weight is 508 g/mol. The summed E-state index contributed by atoms with van der Waals surface area (Å²) in [5.74, 6) is -0.0945. The first-order valence-corrected chi connectivity index (χ1v) is 11.9. The summed E-state index contributed by atoms with van der Waals surface area (Å²) in [7, 11) is 0. The number of benzene rings is 1. The maximum absolute atomic E-state index is 13.2. The summed E-state index contributed by atoms with van der Waals surface area (Å²) in [4.78, 5) is 17.0. The van der Waals surface area contributed by atoms with E-state index in [0.29, 0.717) is 18.6 Å². The van der Waals surface area contributed by atoms with Crippen LogP contribution < -0.4 is 5.73 Å². The second-order valence-electron chi connectivity index (χ2n) is 10.5. The van der Waals surface area contributed by atoms with Crippen molar-refractivity contribution in [2.24, 2.45) is 11.7 Å². The van der Waals surface area contributed by atoms with Crippen LogP contribution >= 0.6 is 0 Å². The summed E-state index contributed by atoms with van der Waals surface area (Å²) < 4.78 is 84.7. The number of nitrogens with two attached hydrogens (primary N) is 1. The number of piperidine rings is 2. The van der Waals surface area contributed by atoms with E-state index >= 15 is 0 Å². The van der Waals surface area contributed by atoms with Crippen molar-refractivity contribution in [3.63, 3.8) is 0 Å². The van der Waals surface area contributed by atoms with Crippen LogP contribution in [0.2, 0.25) is 0 Å². The van der Waals surface area contributed by atoms with E-state index in [4.69, 9.17) is 10.5 Å². The predicted molar refractivity (Wildman–Crippen MR) is 116 cm³/mol. The fraction of sp³-hybridized carbons (Fsp3) is 0.708. The van der Waals surface area contributed by atoms with E-state index in [0.717, 1.165) is 32.4 Å². The molecule has 3 aliphatic heterocycles. The molecule has 196 valence electrons. The molecule has 0 radical (unpaired) electrons. The Morgan fingerprint density at radius 1 is 1.06 bits per heavy atom. The van der Waals surface area contributed by atoms with Gasteiger partial charge < -0.3 is 15.4 Å². The van der Waals surface area contributed by atoms with Gasteiger partial charge in [-0.3, -0.25) is 9.69 Å². The molecule has 5 nitrogen and oxygen atoms in total. The third-order valence-corrected chi connectivity index (χ3v) is 7.78. The van der Waals surface area contributed by atoms with Gasteiger partial charge in [-0.25, -0.2) is 0 Å². The lowest BCUT2D eigenvalue weighted by atomic mass is 9.86. The summed E-state index contributed by atoms with van der Waals surface area (Å²) >= 11 is 0. The van der Waals surface area contributed by atoms with Gasteiger partial charge >= 0.3 is 12.4 Å². The van der Waals surface area contributed by atoms with Crippen molar-refractivity contribution in [3.05, 3.63) is 34.9 Å². The van der Waals surface area contributed by atoms with E-state index in [1.54, 1.807) is 4.90 Å². The molecule has 4 unspecified atom stereocenters. The summed E-state index contributed by atoms with van der Waals surface area (Å²) in [6.45, 7) is 5.48. The highest BCUT2D eigenvalue weighted by atomic mass is 19.4. The molecule has 0 bridgehead atoms. The minimum Gasteiger partial charge on any atom is -0.371 e. The number of carbonyl (C=O) groups excluding carboxylic acids is 1. The van der Waals surface area contributed by atoms with Gasteiger partial charge in [0.05, 0.1) is 23.8 Å². The van der Waals surface area contributed by atoms with Crippen molar-refractivity contribution in [2.75, 3.05) is 19.6 Å². The summed E-state index contributed by atoms with van der Waals surface area (Å²) in [6, 6.07) is 1.49. The molecular formula is C24H31F6N3O2. The third-order valence-electron chi connectivity index (χ3n) is 7.78. The van der Waals surface area contributed by atoms with Crippen molar-refractivity contribution < 1.29 is 35.9 Å². The molecular weight excluding hydrogens is 476 g/mol. The zero-order valence-corrected chi connectivity index (χ0v) is 19.8. The Labute approximate surface area is 200 Å². The monoisotopic (exact) mass is 507 g/mol. The molecule has 3 heterocycles. The first-order chi connectivity index (χ1) is 16.1. The number of halogens is 6. The van der Waals surface area contributed by atoms with Gasteiger partial charge in [0.15, 0.2) is 0 Å². The largest absolute Gasteiger partial charge is 0.416 e. The van der Waals surface area contributed by atoms with Gasteiger partial charge in [-0.05, 0) is 49.9 Å². The smallest absolute Gasteiger partial charge is 0.371 e.